The summed E-state index contributed by atoms with van der Waals surface area (Å²) in [5.41, 5.74) is 20.6. The van der Waals surface area contributed by atoms with Crippen LogP contribution in [0.25, 0.3) is 33.8 Å². The van der Waals surface area contributed by atoms with E-state index in [2.05, 4.69) is 30.6 Å². The van der Waals surface area contributed by atoms with E-state index in [0.29, 0.717) is 46.8 Å². The highest BCUT2D eigenvalue weighted by Gasteiger charge is 2.32. The molecular weight excluding hydrogens is 1090 g/mol. The van der Waals surface area contributed by atoms with Crippen molar-refractivity contribution in [2.45, 2.75) is 52.2 Å². The molecule has 0 fully saturated rings. The van der Waals surface area contributed by atoms with E-state index in [9.17, 15) is 39.5 Å². The lowest BCUT2D eigenvalue weighted by molar-refractivity contribution is -0.138. The van der Waals surface area contributed by atoms with E-state index in [-0.39, 0.29) is 0 Å². The van der Waals surface area contributed by atoms with Crippen molar-refractivity contribution in [1.29, 1.82) is 0 Å². The quantitative estimate of drug-likeness (QED) is 0.0610. The summed E-state index contributed by atoms with van der Waals surface area (Å²) < 4.78 is 113. The Bertz CT molecular complexity index is 2790. The van der Waals surface area contributed by atoms with Gasteiger partial charge in [0.1, 0.15) is 0 Å². The number of aromatic nitrogens is 6. The third-order valence-corrected chi connectivity index (χ3v) is 13.0. The van der Waals surface area contributed by atoms with E-state index in [1.165, 1.54) is 71.7 Å². The Hall–Kier alpha value is -6.36. The Kier molecular flexibility index (Phi) is 19.2. The van der Waals surface area contributed by atoms with Crippen LogP contribution in [0, 0.1) is 0 Å². The molecule has 0 aliphatic carbocycles. The number of nitrogen functional groups attached to an aromatic ring is 3. The van der Waals surface area contributed by atoms with E-state index in [4.69, 9.17) is 52.0 Å². The van der Waals surface area contributed by atoms with Crippen molar-refractivity contribution < 1.29 is 39.5 Å². The van der Waals surface area contributed by atoms with Crippen molar-refractivity contribution in [2.24, 2.45) is 0 Å². The molecule has 3 heterocycles. The summed E-state index contributed by atoms with van der Waals surface area (Å²) in [5.74, 6) is 0.941. The van der Waals surface area contributed by atoms with Gasteiger partial charge in [-0.15, -0.1) is 0 Å². The number of nitrogens with two attached hydrogens (primary N) is 3. The summed E-state index contributed by atoms with van der Waals surface area (Å²) in [5, 5.41) is 20.6. The summed E-state index contributed by atoms with van der Waals surface area (Å²) in [6, 6.07) is 43.3. The summed E-state index contributed by atoms with van der Waals surface area (Å²) in [6.45, 7) is 0. The monoisotopic (exact) mass is 1120 g/mol. The topological polar surface area (TPSA) is 164 Å². The highest BCUT2D eigenvalue weighted by molar-refractivity contribution is 8.00. The van der Waals surface area contributed by atoms with Gasteiger partial charge >= 0.3 is 18.5 Å². The molecule has 9 aromatic rings. The van der Waals surface area contributed by atoms with Crippen molar-refractivity contribution in [1.82, 2.24) is 30.6 Å². The van der Waals surface area contributed by atoms with Gasteiger partial charge in [-0.05, 0) is 72.8 Å². The number of alkyl halides is 12. The van der Waals surface area contributed by atoms with E-state index in [0.717, 1.165) is 70.2 Å². The number of H-pyrrole nitrogens is 3. The highest BCUT2D eigenvalue weighted by Crippen LogP contribution is 2.42. The molecule has 0 atom stereocenters. The molecule has 6 aromatic carbocycles. The third kappa shape index (κ3) is 16.1. The van der Waals surface area contributed by atoms with Crippen LogP contribution in [0.2, 0.25) is 0 Å². The molecule has 0 saturated heterocycles. The number of nitrogens with one attached hydrogen (secondary N) is 3. The first-order valence-corrected chi connectivity index (χ1v) is 24.5. The first-order chi connectivity index (χ1) is 34.6. The van der Waals surface area contributed by atoms with Gasteiger partial charge in [-0.25, -0.2) is 0 Å². The molecule has 0 amide bonds. The Morgan fingerprint density at radius 1 is 0.356 bits per heavy atom. The number of anilines is 3. The van der Waals surface area contributed by atoms with Crippen LogP contribution in [0.4, 0.5) is 57.0 Å². The molecule has 0 unspecified atom stereocenters. The largest absolute Gasteiger partial charge is 0.416 e. The van der Waals surface area contributed by atoms with Crippen LogP contribution in [-0.4, -0.2) is 34.9 Å². The number of halogens is 12. The number of aromatic amines is 3. The van der Waals surface area contributed by atoms with Gasteiger partial charge in [-0.3, -0.25) is 15.3 Å². The van der Waals surface area contributed by atoms with E-state index < -0.39 is 39.5 Å². The fraction of sp³-hybridized carbons (Fsp3) is 0.0816. The summed E-state index contributed by atoms with van der Waals surface area (Å²) in [4.78, 5) is 4.04. The SMILES string of the molecule is ClC(Cl)Cl.Nc1n[nH]c(-c2ccccc2)c1Sc1ccc(C(F)(F)F)cc1.Nc1n[nH]c(-c2ccccc2)c1Sc1ccc(C(F)(F)F)cc1.Nc1n[nH]c(-c2ccccc2)c1Sc1ccc(C(F)(F)F)cc1. The molecule has 73 heavy (non-hydrogen) atoms. The van der Waals surface area contributed by atoms with E-state index >= 15 is 0 Å². The van der Waals surface area contributed by atoms with Crippen LogP contribution < -0.4 is 17.2 Å². The van der Waals surface area contributed by atoms with Gasteiger partial charge < -0.3 is 17.2 Å². The standard InChI is InChI=1S/3C16H12F3N3S.CHCl3/c3*17-16(18,19)11-6-8-12(9-7-11)23-14-13(21-22-15(14)20)10-4-2-1-3-5-10;2-1(3)4/h3*1-9H,(H3,20,21,22);1H. The Balaban J connectivity index is 0.000000172. The number of nitrogens with zero attached hydrogens (tertiary/aromatic N) is 3. The Morgan fingerprint density at radius 2 is 0.562 bits per heavy atom. The molecule has 0 aliphatic rings. The molecule has 9 N–H and O–H groups in total. The smallest absolute Gasteiger partial charge is 0.381 e. The predicted molar refractivity (Wildman–Crippen MR) is 273 cm³/mol. The molecule has 0 spiro atoms. The van der Waals surface area contributed by atoms with Gasteiger partial charge in [0.15, 0.2) is 21.7 Å². The second-order valence-electron chi connectivity index (χ2n) is 14.7. The van der Waals surface area contributed by atoms with Crippen LogP contribution in [-0.2, 0) is 18.5 Å². The minimum Gasteiger partial charge on any atom is -0.381 e. The highest BCUT2D eigenvalue weighted by atomic mass is 35.6. The van der Waals surface area contributed by atoms with Crippen LogP contribution in [0.15, 0.2) is 193 Å². The van der Waals surface area contributed by atoms with Gasteiger partial charge in [0.25, 0.3) is 0 Å². The average molecular weight is 1130 g/mol. The Morgan fingerprint density at radius 3 is 0.753 bits per heavy atom. The number of benzene rings is 6. The molecule has 0 aliphatic heterocycles. The fourth-order valence-corrected chi connectivity index (χ4v) is 9.01. The maximum absolute atomic E-state index is 12.6. The molecule has 3 aromatic heterocycles. The zero-order valence-corrected chi connectivity index (χ0v) is 41.7. The zero-order chi connectivity index (χ0) is 52.9. The number of rotatable bonds is 9. The lowest BCUT2D eigenvalue weighted by atomic mass is 10.1. The second kappa shape index (κ2) is 25.0. The first kappa shape index (κ1) is 55.9. The predicted octanol–water partition coefficient (Wildman–Crippen LogP) is 16.5. The van der Waals surface area contributed by atoms with Crippen LogP contribution in [0.3, 0.4) is 0 Å². The third-order valence-electron chi connectivity index (χ3n) is 9.64. The van der Waals surface area contributed by atoms with Crippen LogP contribution in [0.5, 0.6) is 0 Å². The first-order valence-electron chi connectivity index (χ1n) is 20.7. The minimum absolute atomic E-state index is 0.314. The average Bonchev–Trinajstić information content (AvgIpc) is 4.04. The van der Waals surface area contributed by atoms with Crippen molar-refractivity contribution in [3.05, 3.63) is 180 Å². The number of hydrogen-bond acceptors (Lipinski definition) is 9. The minimum atomic E-state index is -4.34. The van der Waals surface area contributed by atoms with Crippen LogP contribution >= 0.6 is 70.1 Å². The normalized spacial score (nSPS) is 11.5. The summed E-state index contributed by atoms with van der Waals surface area (Å²) >= 11 is 18.2. The summed E-state index contributed by atoms with van der Waals surface area (Å²) in [6.07, 6.45) is -13.0. The van der Waals surface area contributed by atoms with Crippen molar-refractivity contribution >= 4 is 87.5 Å². The van der Waals surface area contributed by atoms with Crippen LogP contribution in [0.1, 0.15) is 16.7 Å². The van der Waals surface area contributed by atoms with Gasteiger partial charge in [-0.2, -0.15) is 54.8 Å². The number of hydrogen-bond donors (Lipinski definition) is 6. The van der Waals surface area contributed by atoms with Crippen molar-refractivity contribution in [3.63, 3.8) is 0 Å². The molecule has 24 heteroatoms. The van der Waals surface area contributed by atoms with Gasteiger partial charge in [0, 0.05) is 31.4 Å². The van der Waals surface area contributed by atoms with Gasteiger partial charge in [-0.1, -0.05) is 161 Å². The molecule has 380 valence electrons. The molecule has 0 radical (unpaired) electrons. The van der Waals surface area contributed by atoms with Crippen molar-refractivity contribution in [3.8, 4) is 33.8 Å². The zero-order valence-electron chi connectivity index (χ0n) is 37.0. The lowest BCUT2D eigenvalue weighted by Gasteiger charge is -2.08. The maximum atomic E-state index is 12.6. The van der Waals surface area contributed by atoms with Crippen molar-refractivity contribution in [2.75, 3.05) is 17.2 Å². The molecular formula is C49H37Cl3F9N9S3. The van der Waals surface area contributed by atoms with E-state index in [1.807, 2.05) is 91.0 Å². The maximum Gasteiger partial charge on any atom is 0.416 e. The van der Waals surface area contributed by atoms with Gasteiger partial charge in [0.2, 0.25) is 0 Å². The van der Waals surface area contributed by atoms with Gasteiger partial charge in [0.05, 0.1) is 48.5 Å². The summed E-state index contributed by atoms with van der Waals surface area (Å²) in [7, 11) is 0. The molecule has 9 rings (SSSR count). The molecule has 0 bridgehead atoms. The van der Waals surface area contributed by atoms with E-state index in [1.54, 1.807) is 0 Å². The fourth-order valence-electron chi connectivity index (χ4n) is 6.24. The molecule has 9 nitrogen and oxygen atoms in total. The second-order valence-corrected chi connectivity index (χ2v) is 19.9. The lowest BCUT2D eigenvalue weighted by Crippen LogP contribution is -2.03. The molecule has 0 saturated carbocycles. The Labute approximate surface area is 438 Å².